The van der Waals surface area contributed by atoms with E-state index < -0.39 is 5.97 Å². The zero-order valence-corrected chi connectivity index (χ0v) is 9.42. The van der Waals surface area contributed by atoms with Crippen LogP contribution in [0.1, 0.15) is 5.56 Å². The molecule has 1 rings (SSSR count). The van der Waals surface area contributed by atoms with Gasteiger partial charge in [-0.2, -0.15) is 0 Å². The SMILES string of the molecule is O=C(O)C#Cc1ccccc1.[Zn]. The molecule has 0 aliphatic heterocycles. The molecule has 3 heteroatoms. The van der Waals surface area contributed by atoms with Gasteiger partial charge in [0.1, 0.15) is 0 Å². The van der Waals surface area contributed by atoms with Crippen LogP contribution in [0.5, 0.6) is 0 Å². The average Bonchev–Trinajstić information content (AvgIpc) is 2.03. The van der Waals surface area contributed by atoms with Crippen LogP contribution in [0.15, 0.2) is 30.3 Å². The van der Waals surface area contributed by atoms with Crippen LogP contribution >= 0.6 is 0 Å². The minimum absolute atomic E-state index is 0. The summed E-state index contributed by atoms with van der Waals surface area (Å²) < 4.78 is 0. The smallest absolute Gasteiger partial charge is 0.382 e. The summed E-state index contributed by atoms with van der Waals surface area (Å²) in [5.74, 6) is 3.42. The van der Waals surface area contributed by atoms with E-state index >= 15 is 0 Å². The van der Waals surface area contributed by atoms with Gasteiger partial charge in [-0.05, 0) is 12.1 Å². The molecule has 56 valence electrons. The summed E-state index contributed by atoms with van der Waals surface area (Å²) in [7, 11) is 0. The molecule has 0 aliphatic rings. The topological polar surface area (TPSA) is 37.3 Å². The van der Waals surface area contributed by atoms with E-state index in [1.807, 2.05) is 24.1 Å². The standard InChI is InChI=1S/C9H6O2.Zn/c10-9(11)7-6-8-4-2-1-3-5-8;/h1-5H,(H,10,11);. The summed E-state index contributed by atoms with van der Waals surface area (Å²) in [6, 6.07) is 9.00. The summed E-state index contributed by atoms with van der Waals surface area (Å²) in [6.07, 6.45) is 0. The normalized spacial score (nSPS) is 7.33. The van der Waals surface area contributed by atoms with E-state index in [0.717, 1.165) is 5.56 Å². The van der Waals surface area contributed by atoms with Crippen molar-refractivity contribution < 1.29 is 29.4 Å². The molecular formula is C9H6O2Zn. The van der Waals surface area contributed by atoms with Crippen molar-refractivity contribution in [2.24, 2.45) is 0 Å². The third-order valence-corrected chi connectivity index (χ3v) is 1.09. The van der Waals surface area contributed by atoms with Gasteiger partial charge in [0.2, 0.25) is 0 Å². The van der Waals surface area contributed by atoms with Crippen molar-refractivity contribution in [3.8, 4) is 11.8 Å². The third kappa shape index (κ3) is 3.90. The molecule has 12 heavy (non-hydrogen) atoms. The van der Waals surface area contributed by atoms with Crippen molar-refractivity contribution in [3.05, 3.63) is 35.9 Å². The Balaban J connectivity index is 0.00000121. The van der Waals surface area contributed by atoms with Crippen LogP contribution in [0.2, 0.25) is 0 Å². The summed E-state index contributed by atoms with van der Waals surface area (Å²) in [4.78, 5) is 10.00. The maximum atomic E-state index is 10.00. The molecule has 0 atom stereocenters. The second kappa shape index (κ2) is 5.51. The predicted molar refractivity (Wildman–Crippen MR) is 41.0 cm³/mol. The minimum atomic E-state index is -1.10. The van der Waals surface area contributed by atoms with Crippen molar-refractivity contribution in [1.29, 1.82) is 0 Å². The zero-order valence-electron chi connectivity index (χ0n) is 6.45. The van der Waals surface area contributed by atoms with Gasteiger partial charge in [0, 0.05) is 31.0 Å². The number of aliphatic carboxylic acids is 1. The van der Waals surface area contributed by atoms with Gasteiger partial charge in [0.15, 0.2) is 0 Å². The Bertz CT molecular complexity index is 308. The molecule has 0 saturated heterocycles. The van der Waals surface area contributed by atoms with Crippen LogP contribution < -0.4 is 0 Å². The first-order chi connectivity index (χ1) is 5.29. The van der Waals surface area contributed by atoms with Gasteiger partial charge in [-0.25, -0.2) is 4.79 Å². The van der Waals surface area contributed by atoms with Crippen LogP contribution in [0.4, 0.5) is 0 Å². The summed E-state index contributed by atoms with van der Waals surface area (Å²) in [5, 5.41) is 8.20. The fourth-order valence-electron chi connectivity index (χ4n) is 0.647. The molecule has 0 saturated carbocycles. The Morgan fingerprint density at radius 3 is 2.33 bits per heavy atom. The van der Waals surface area contributed by atoms with E-state index in [9.17, 15) is 4.79 Å². The molecule has 2 nitrogen and oxygen atoms in total. The molecule has 0 unspecified atom stereocenters. The van der Waals surface area contributed by atoms with Crippen LogP contribution in [-0.2, 0) is 24.3 Å². The number of hydrogen-bond donors (Lipinski definition) is 1. The van der Waals surface area contributed by atoms with E-state index in [4.69, 9.17) is 5.11 Å². The Labute approximate surface area is 83.4 Å². The molecule has 1 aromatic rings. The maximum absolute atomic E-state index is 10.00. The number of benzene rings is 1. The average molecular weight is 212 g/mol. The monoisotopic (exact) mass is 210 g/mol. The van der Waals surface area contributed by atoms with Gasteiger partial charge in [-0.3, -0.25) is 0 Å². The fourth-order valence-corrected chi connectivity index (χ4v) is 0.647. The zero-order chi connectivity index (χ0) is 8.10. The fraction of sp³-hybridized carbons (Fsp3) is 0. The molecule has 0 radical (unpaired) electrons. The molecule has 0 amide bonds. The van der Waals surface area contributed by atoms with Crippen molar-refractivity contribution >= 4 is 5.97 Å². The predicted octanol–water partition coefficient (Wildman–Crippen LogP) is 1.12. The van der Waals surface area contributed by atoms with E-state index in [0.29, 0.717) is 0 Å². The first-order valence-corrected chi connectivity index (χ1v) is 3.09. The molecule has 0 aliphatic carbocycles. The van der Waals surface area contributed by atoms with Crippen LogP contribution in [-0.4, -0.2) is 11.1 Å². The second-order valence-electron chi connectivity index (χ2n) is 1.92. The second-order valence-corrected chi connectivity index (χ2v) is 1.92. The van der Waals surface area contributed by atoms with Crippen molar-refractivity contribution in [3.63, 3.8) is 0 Å². The van der Waals surface area contributed by atoms with Crippen molar-refractivity contribution in [2.75, 3.05) is 0 Å². The van der Waals surface area contributed by atoms with E-state index in [2.05, 4.69) is 5.92 Å². The van der Waals surface area contributed by atoms with Crippen molar-refractivity contribution in [2.45, 2.75) is 0 Å². The van der Waals surface area contributed by atoms with Gasteiger partial charge < -0.3 is 5.11 Å². The van der Waals surface area contributed by atoms with Crippen LogP contribution in [0.25, 0.3) is 0 Å². The van der Waals surface area contributed by atoms with E-state index in [-0.39, 0.29) is 19.5 Å². The number of carbonyl (C=O) groups is 1. The maximum Gasteiger partial charge on any atom is 0.382 e. The third-order valence-electron chi connectivity index (χ3n) is 1.09. The number of rotatable bonds is 0. The molecular weight excluding hydrogens is 205 g/mol. The molecule has 1 N–H and O–H groups in total. The molecule has 0 heterocycles. The minimum Gasteiger partial charge on any atom is -0.472 e. The molecule has 0 fully saturated rings. The molecule has 0 bridgehead atoms. The molecule has 0 aromatic heterocycles. The molecule has 1 aromatic carbocycles. The van der Waals surface area contributed by atoms with E-state index in [1.165, 1.54) is 0 Å². The number of hydrogen-bond acceptors (Lipinski definition) is 1. The quantitative estimate of drug-likeness (QED) is 0.516. The largest absolute Gasteiger partial charge is 0.472 e. The van der Waals surface area contributed by atoms with Gasteiger partial charge in [0.05, 0.1) is 0 Å². The Hall–Kier alpha value is -1.13. The van der Waals surface area contributed by atoms with Gasteiger partial charge >= 0.3 is 5.97 Å². The Morgan fingerprint density at radius 1 is 1.25 bits per heavy atom. The van der Waals surface area contributed by atoms with E-state index in [1.54, 1.807) is 12.1 Å². The summed E-state index contributed by atoms with van der Waals surface area (Å²) in [6.45, 7) is 0. The van der Waals surface area contributed by atoms with Crippen molar-refractivity contribution in [1.82, 2.24) is 0 Å². The van der Waals surface area contributed by atoms with Gasteiger partial charge in [0.25, 0.3) is 0 Å². The molecule has 0 spiro atoms. The summed E-state index contributed by atoms with van der Waals surface area (Å²) in [5.41, 5.74) is 0.718. The first kappa shape index (κ1) is 10.9. The van der Waals surface area contributed by atoms with Gasteiger partial charge in [-0.15, -0.1) is 0 Å². The van der Waals surface area contributed by atoms with Crippen LogP contribution in [0.3, 0.4) is 0 Å². The number of carboxylic acid groups (broad SMARTS) is 1. The summed E-state index contributed by atoms with van der Waals surface area (Å²) >= 11 is 0. The van der Waals surface area contributed by atoms with Crippen LogP contribution in [0, 0.1) is 11.8 Å². The Morgan fingerprint density at radius 2 is 1.83 bits per heavy atom. The van der Waals surface area contributed by atoms with Gasteiger partial charge in [-0.1, -0.05) is 24.1 Å². The Kier molecular flexibility index (Phi) is 5.00. The number of carboxylic acids is 1. The first-order valence-electron chi connectivity index (χ1n) is 3.09.